The molecule has 0 aromatic heterocycles. The molecule has 0 saturated carbocycles. The highest BCUT2D eigenvalue weighted by Gasteiger charge is 2.34. The minimum absolute atomic E-state index is 0.0265. The monoisotopic (exact) mass is 810 g/mol. The molecule has 0 bridgehead atoms. The summed E-state index contributed by atoms with van der Waals surface area (Å²) in [4.78, 5) is 18.4. The van der Waals surface area contributed by atoms with Crippen molar-refractivity contribution in [1.29, 1.82) is 0 Å². The summed E-state index contributed by atoms with van der Waals surface area (Å²) in [6, 6.07) is 8.85. The summed E-state index contributed by atoms with van der Waals surface area (Å²) < 4.78 is 88.9. The van der Waals surface area contributed by atoms with Crippen LogP contribution in [0.1, 0.15) is 68.2 Å². The lowest BCUT2D eigenvalue weighted by molar-refractivity contribution is 0.00464. The zero-order valence-corrected chi connectivity index (χ0v) is 35.0. The van der Waals surface area contributed by atoms with Crippen LogP contribution in [0, 0.1) is 40.4 Å². The molecule has 17 heteroatoms. The highest BCUT2D eigenvalue weighted by molar-refractivity contribution is 7.89. The van der Waals surface area contributed by atoms with Gasteiger partial charge in [-0.1, -0.05) is 67.5 Å². The molecule has 0 aliphatic carbocycles. The molecule has 0 amide bonds. The molecule has 54 heavy (non-hydrogen) atoms. The fourth-order valence-corrected chi connectivity index (χ4v) is 12.2. The van der Waals surface area contributed by atoms with Gasteiger partial charge in [-0.3, -0.25) is 19.1 Å². The summed E-state index contributed by atoms with van der Waals surface area (Å²) >= 11 is 0. The van der Waals surface area contributed by atoms with Gasteiger partial charge < -0.3 is 0 Å². The molecule has 2 saturated heterocycles. The van der Waals surface area contributed by atoms with E-state index < -0.39 is 34.7 Å². The van der Waals surface area contributed by atoms with Crippen molar-refractivity contribution in [3.63, 3.8) is 0 Å². The Balaban J connectivity index is 1.59. The molecule has 2 aliphatic heterocycles. The molecular formula is C37H55N4O10PS2. The van der Waals surface area contributed by atoms with Gasteiger partial charge in [0.05, 0.1) is 28.7 Å². The van der Waals surface area contributed by atoms with Crippen LogP contribution in [0.2, 0.25) is 0 Å². The number of phosphoric acid groups is 1. The van der Waals surface area contributed by atoms with Crippen molar-refractivity contribution in [1.82, 2.24) is 8.61 Å². The van der Waals surface area contributed by atoms with Gasteiger partial charge in [-0.2, -0.15) is 8.61 Å². The van der Waals surface area contributed by atoms with Crippen LogP contribution in [0.5, 0.6) is 0 Å². The van der Waals surface area contributed by atoms with Gasteiger partial charge in [0.2, 0.25) is 20.0 Å². The molecule has 0 unspecified atom stereocenters. The first-order chi connectivity index (χ1) is 25.3. The summed E-state index contributed by atoms with van der Waals surface area (Å²) in [6.45, 7) is 16.8. The summed E-state index contributed by atoms with van der Waals surface area (Å²) in [5, 5.41) is 4.45. The molecule has 5 rings (SSSR count). The number of anilines is 1. The molecule has 2 aliphatic rings. The largest absolute Gasteiger partial charge is 0.477 e. The van der Waals surface area contributed by atoms with Crippen molar-refractivity contribution in [2.45, 2.75) is 78.0 Å². The number of fused-ring (bicyclic) bond motifs is 2. The summed E-state index contributed by atoms with van der Waals surface area (Å²) in [7, 11) is -12.0. The average Bonchev–Trinajstić information content (AvgIpc) is 3.10. The minimum Gasteiger partial charge on any atom is -0.287 e. The lowest BCUT2D eigenvalue weighted by atomic mass is 9.94. The molecular weight excluding hydrogens is 756 g/mol. The number of phosphoric ester groups is 1. The van der Waals surface area contributed by atoms with E-state index in [1.165, 1.54) is 32.9 Å². The Morgan fingerprint density at radius 1 is 0.704 bits per heavy atom. The van der Waals surface area contributed by atoms with Gasteiger partial charge in [-0.05, 0) is 77.8 Å². The molecule has 0 radical (unpaired) electrons. The SMILES string of the molecule is CC(C)COP(=O)(OCONc1c2ccc(S(=O)(=O)N3C[C@H](C)C[C@H](C)C3)cc2c(N=O)c2cc(S(=O)(=O)N3C[C@H](C)C[C@H](C)C3)ccc12)OCC(C)C. The number of sulfonamides is 2. The normalized spacial score (nSPS) is 22.4. The van der Waals surface area contributed by atoms with Gasteiger partial charge in [0.1, 0.15) is 5.69 Å². The zero-order chi connectivity index (χ0) is 39.6. The number of hydrogen-bond acceptors (Lipinski definition) is 12. The van der Waals surface area contributed by atoms with Crippen molar-refractivity contribution < 1.29 is 39.8 Å². The lowest BCUT2D eigenvalue weighted by Crippen LogP contribution is -2.42. The van der Waals surface area contributed by atoms with Gasteiger partial charge in [0.15, 0.2) is 6.79 Å². The maximum Gasteiger partial charge on any atom is 0.477 e. The van der Waals surface area contributed by atoms with Gasteiger partial charge in [0.25, 0.3) is 0 Å². The van der Waals surface area contributed by atoms with Crippen molar-refractivity contribution in [3.05, 3.63) is 41.3 Å². The van der Waals surface area contributed by atoms with E-state index in [-0.39, 0.29) is 80.7 Å². The van der Waals surface area contributed by atoms with Crippen LogP contribution >= 0.6 is 7.82 Å². The Morgan fingerprint density at radius 3 is 1.48 bits per heavy atom. The molecule has 1 N–H and O–H groups in total. The first-order valence-electron chi connectivity index (χ1n) is 18.6. The lowest BCUT2D eigenvalue weighted by Gasteiger charge is -2.34. The summed E-state index contributed by atoms with van der Waals surface area (Å²) in [6.07, 6.45) is 1.83. The van der Waals surface area contributed by atoms with E-state index in [9.17, 15) is 26.3 Å². The Morgan fingerprint density at radius 2 is 1.11 bits per heavy atom. The predicted octanol–water partition coefficient (Wildman–Crippen LogP) is 8.50. The first kappa shape index (κ1) is 42.6. The number of nitrogens with one attached hydrogen (secondary N) is 1. The Labute approximate surface area is 319 Å². The maximum absolute atomic E-state index is 14.0. The van der Waals surface area contributed by atoms with Crippen molar-refractivity contribution in [3.8, 4) is 0 Å². The fourth-order valence-electron chi connectivity index (χ4n) is 7.38. The molecule has 2 fully saturated rings. The fraction of sp³-hybridized carbons (Fsp3) is 0.622. The first-order valence-corrected chi connectivity index (χ1v) is 23.0. The van der Waals surface area contributed by atoms with Crippen LogP contribution in [-0.2, 0) is 43.0 Å². The number of benzene rings is 3. The van der Waals surface area contributed by atoms with Crippen LogP contribution in [0.25, 0.3) is 21.5 Å². The third-order valence-corrected chi connectivity index (χ3v) is 14.7. The predicted molar refractivity (Wildman–Crippen MR) is 210 cm³/mol. The standard InChI is InChI=1S/C37H55N4O10PS2/c1-24(2)21-49-52(43,50-22-25(3)4)51-23-48-39-37-32-11-9-30(53(44,45)40-17-26(5)13-27(6)18-40)15-34(32)36(38-42)35-16-31(10-12-33(35)37)54(46,47)41-19-28(7)14-29(8)20-41/h9-12,15-16,24-29,39H,13-14,17-23H2,1-8H3/t26-,27+,28-,29+. The van der Waals surface area contributed by atoms with Gasteiger partial charge in [-0.25, -0.2) is 26.2 Å². The second-order valence-electron chi connectivity index (χ2n) is 16.1. The van der Waals surface area contributed by atoms with E-state index >= 15 is 0 Å². The van der Waals surface area contributed by atoms with Crippen LogP contribution in [0.15, 0.2) is 51.4 Å². The van der Waals surface area contributed by atoms with Crippen molar-refractivity contribution in [2.24, 2.45) is 40.7 Å². The topological polar surface area (TPSA) is 170 Å². The Kier molecular flexibility index (Phi) is 13.7. The van der Waals surface area contributed by atoms with Gasteiger partial charge in [-0.15, -0.1) is 4.91 Å². The van der Waals surface area contributed by atoms with Gasteiger partial charge in [0, 0.05) is 47.7 Å². The van der Waals surface area contributed by atoms with Gasteiger partial charge >= 0.3 is 7.82 Å². The van der Waals surface area contributed by atoms with E-state index in [1.54, 1.807) is 12.1 Å². The Hall–Kier alpha value is -2.53. The molecule has 0 spiro atoms. The average molecular weight is 811 g/mol. The highest BCUT2D eigenvalue weighted by Crippen LogP contribution is 2.50. The van der Waals surface area contributed by atoms with Crippen LogP contribution < -0.4 is 5.48 Å². The van der Waals surface area contributed by atoms with E-state index in [0.29, 0.717) is 37.0 Å². The second-order valence-corrected chi connectivity index (χ2v) is 21.6. The smallest absolute Gasteiger partial charge is 0.287 e. The molecule has 3 aromatic rings. The number of nitroso groups, excluding NO2 is 1. The molecule has 2 heterocycles. The maximum atomic E-state index is 14.0. The Bertz CT molecular complexity index is 1940. The van der Waals surface area contributed by atoms with E-state index in [4.69, 9.17) is 18.4 Å². The molecule has 300 valence electrons. The van der Waals surface area contributed by atoms with E-state index in [0.717, 1.165) is 12.8 Å². The van der Waals surface area contributed by atoms with Crippen molar-refractivity contribution >= 4 is 60.8 Å². The van der Waals surface area contributed by atoms with Crippen LogP contribution in [0.3, 0.4) is 0 Å². The van der Waals surface area contributed by atoms with E-state index in [2.05, 4.69) is 10.7 Å². The molecule has 14 nitrogen and oxygen atoms in total. The summed E-state index contributed by atoms with van der Waals surface area (Å²) in [5.74, 6) is 0.785. The quantitative estimate of drug-likeness (QED) is 0.0368. The number of hydrogen-bond donors (Lipinski definition) is 1. The minimum atomic E-state index is -4.02. The highest BCUT2D eigenvalue weighted by atomic mass is 32.2. The molecule has 4 atom stereocenters. The second kappa shape index (κ2) is 17.3. The summed E-state index contributed by atoms with van der Waals surface area (Å²) in [5.41, 5.74) is 2.99. The third kappa shape index (κ3) is 9.70. The number of piperidine rings is 2. The third-order valence-electron chi connectivity index (χ3n) is 9.64. The van der Waals surface area contributed by atoms with Crippen molar-refractivity contribution in [2.75, 3.05) is 51.7 Å². The number of rotatable bonds is 16. The number of nitrogens with zero attached hydrogens (tertiary/aromatic N) is 3. The molecule has 3 aromatic carbocycles. The zero-order valence-electron chi connectivity index (χ0n) is 32.5. The van der Waals surface area contributed by atoms with Crippen LogP contribution in [0.4, 0.5) is 11.4 Å². The van der Waals surface area contributed by atoms with E-state index in [1.807, 2.05) is 55.4 Å². The van der Waals surface area contributed by atoms with Crippen LogP contribution in [-0.4, -0.2) is 71.6 Å².